The fourth-order valence-electron chi connectivity index (χ4n) is 3.58. The van der Waals surface area contributed by atoms with Crippen LogP contribution in [0.1, 0.15) is 20.8 Å². The SMILES string of the molecule is COc1ccc(C(=O)N2CCN(C(=O)c3cc(-c4cccc(Cl)c4)on3)CC2)cc1OC. The van der Waals surface area contributed by atoms with Crippen LogP contribution in [0.2, 0.25) is 5.02 Å². The second kappa shape index (κ2) is 9.32. The van der Waals surface area contributed by atoms with Gasteiger partial charge in [-0.05, 0) is 30.3 Å². The van der Waals surface area contributed by atoms with Crippen molar-refractivity contribution in [2.75, 3.05) is 40.4 Å². The van der Waals surface area contributed by atoms with E-state index in [0.717, 1.165) is 5.56 Å². The van der Waals surface area contributed by atoms with Crippen molar-refractivity contribution in [2.45, 2.75) is 0 Å². The number of piperazine rings is 1. The fourth-order valence-corrected chi connectivity index (χ4v) is 3.77. The molecule has 0 radical (unpaired) electrons. The monoisotopic (exact) mass is 455 g/mol. The molecular weight excluding hydrogens is 434 g/mol. The summed E-state index contributed by atoms with van der Waals surface area (Å²) in [5, 5.41) is 4.49. The lowest BCUT2D eigenvalue weighted by Crippen LogP contribution is -2.50. The van der Waals surface area contributed by atoms with Gasteiger partial charge in [0.15, 0.2) is 23.0 Å². The highest BCUT2D eigenvalue weighted by atomic mass is 35.5. The number of hydrogen-bond donors (Lipinski definition) is 0. The predicted octanol–water partition coefficient (Wildman–Crippen LogP) is 3.61. The average molecular weight is 456 g/mol. The van der Waals surface area contributed by atoms with Gasteiger partial charge in [0.05, 0.1) is 14.2 Å². The Kier molecular flexibility index (Phi) is 6.32. The first-order chi connectivity index (χ1) is 15.5. The molecular formula is C23H22ClN3O5. The van der Waals surface area contributed by atoms with Crippen LogP contribution in [0.3, 0.4) is 0 Å². The summed E-state index contributed by atoms with van der Waals surface area (Å²) in [6.07, 6.45) is 0. The van der Waals surface area contributed by atoms with Gasteiger partial charge in [-0.15, -0.1) is 0 Å². The predicted molar refractivity (Wildman–Crippen MR) is 118 cm³/mol. The third-order valence-electron chi connectivity index (χ3n) is 5.32. The molecule has 1 aromatic heterocycles. The molecule has 0 saturated carbocycles. The molecule has 1 aliphatic rings. The topological polar surface area (TPSA) is 85.1 Å². The van der Waals surface area contributed by atoms with Crippen molar-refractivity contribution >= 4 is 23.4 Å². The van der Waals surface area contributed by atoms with Gasteiger partial charge < -0.3 is 23.8 Å². The Bertz CT molecular complexity index is 1140. The van der Waals surface area contributed by atoms with E-state index in [0.29, 0.717) is 54.0 Å². The van der Waals surface area contributed by atoms with Crippen LogP contribution in [0, 0.1) is 0 Å². The third kappa shape index (κ3) is 4.40. The quantitative estimate of drug-likeness (QED) is 0.584. The molecule has 2 aromatic carbocycles. The maximum absolute atomic E-state index is 12.9. The number of carbonyl (C=O) groups is 2. The number of hydrogen-bond acceptors (Lipinski definition) is 6. The molecule has 3 aromatic rings. The standard InChI is InChI=1S/C23H22ClN3O5/c1-30-19-7-6-16(13-21(19)31-2)22(28)26-8-10-27(11-9-26)23(29)18-14-20(32-25-18)15-4-3-5-17(24)12-15/h3-7,12-14H,8-11H2,1-2H3. The van der Waals surface area contributed by atoms with Crippen molar-refractivity contribution in [3.8, 4) is 22.8 Å². The zero-order valence-corrected chi connectivity index (χ0v) is 18.5. The molecule has 1 aliphatic heterocycles. The Labute approximate surface area is 190 Å². The fraction of sp³-hybridized carbons (Fsp3) is 0.261. The zero-order chi connectivity index (χ0) is 22.7. The Hall–Kier alpha value is -3.52. The highest BCUT2D eigenvalue weighted by Crippen LogP contribution is 2.28. The number of rotatable bonds is 5. The van der Waals surface area contributed by atoms with Crippen molar-refractivity contribution in [3.05, 3.63) is 64.8 Å². The minimum absolute atomic E-state index is 0.122. The first-order valence-corrected chi connectivity index (χ1v) is 10.4. The number of amides is 2. The largest absolute Gasteiger partial charge is 0.493 e. The van der Waals surface area contributed by atoms with Crippen LogP contribution in [-0.4, -0.2) is 67.2 Å². The van der Waals surface area contributed by atoms with Crippen LogP contribution in [0.5, 0.6) is 11.5 Å². The molecule has 32 heavy (non-hydrogen) atoms. The molecule has 0 N–H and O–H groups in total. The summed E-state index contributed by atoms with van der Waals surface area (Å²) < 4.78 is 15.8. The molecule has 0 unspecified atom stereocenters. The lowest BCUT2D eigenvalue weighted by Gasteiger charge is -2.34. The molecule has 1 saturated heterocycles. The maximum atomic E-state index is 12.9. The number of nitrogens with zero attached hydrogens (tertiary/aromatic N) is 3. The van der Waals surface area contributed by atoms with Gasteiger partial charge in [-0.1, -0.05) is 28.9 Å². The molecule has 0 atom stereocenters. The smallest absolute Gasteiger partial charge is 0.276 e. The number of benzene rings is 2. The molecule has 2 amide bonds. The van der Waals surface area contributed by atoms with Gasteiger partial charge in [0.2, 0.25) is 0 Å². The molecule has 2 heterocycles. The van der Waals surface area contributed by atoms with E-state index in [1.165, 1.54) is 7.11 Å². The molecule has 0 spiro atoms. The Balaban J connectivity index is 1.39. The van der Waals surface area contributed by atoms with E-state index >= 15 is 0 Å². The van der Waals surface area contributed by atoms with Crippen molar-refractivity contribution in [1.82, 2.24) is 15.0 Å². The first-order valence-electron chi connectivity index (χ1n) is 10.0. The second-order valence-electron chi connectivity index (χ2n) is 7.24. The lowest BCUT2D eigenvalue weighted by atomic mass is 10.1. The molecule has 4 rings (SSSR count). The number of aromatic nitrogens is 1. The van der Waals surface area contributed by atoms with Crippen molar-refractivity contribution in [1.29, 1.82) is 0 Å². The number of ether oxygens (including phenoxy) is 2. The van der Waals surface area contributed by atoms with Crippen LogP contribution in [0.25, 0.3) is 11.3 Å². The van der Waals surface area contributed by atoms with Gasteiger partial charge in [-0.25, -0.2) is 0 Å². The minimum Gasteiger partial charge on any atom is -0.493 e. The van der Waals surface area contributed by atoms with Crippen LogP contribution < -0.4 is 9.47 Å². The van der Waals surface area contributed by atoms with Crippen LogP contribution in [0.4, 0.5) is 0 Å². The van der Waals surface area contributed by atoms with Gasteiger partial charge in [0.25, 0.3) is 11.8 Å². The molecule has 8 nitrogen and oxygen atoms in total. The van der Waals surface area contributed by atoms with E-state index in [2.05, 4.69) is 5.16 Å². The molecule has 0 bridgehead atoms. The number of halogens is 1. The van der Waals surface area contributed by atoms with Crippen LogP contribution in [-0.2, 0) is 0 Å². The molecule has 166 valence electrons. The summed E-state index contributed by atoms with van der Waals surface area (Å²) in [6, 6.07) is 13.8. The summed E-state index contributed by atoms with van der Waals surface area (Å²) in [6.45, 7) is 1.63. The van der Waals surface area contributed by atoms with E-state index < -0.39 is 0 Å². The summed E-state index contributed by atoms with van der Waals surface area (Å²) in [4.78, 5) is 29.1. The van der Waals surface area contributed by atoms with Crippen molar-refractivity contribution in [2.24, 2.45) is 0 Å². The zero-order valence-electron chi connectivity index (χ0n) is 17.7. The Morgan fingerprint density at radius 2 is 1.59 bits per heavy atom. The van der Waals surface area contributed by atoms with E-state index in [1.54, 1.807) is 59.4 Å². The van der Waals surface area contributed by atoms with Gasteiger partial charge >= 0.3 is 0 Å². The highest BCUT2D eigenvalue weighted by Gasteiger charge is 2.27. The Morgan fingerprint density at radius 3 is 2.25 bits per heavy atom. The van der Waals surface area contributed by atoms with E-state index in [-0.39, 0.29) is 17.5 Å². The van der Waals surface area contributed by atoms with Gasteiger partial charge in [-0.3, -0.25) is 9.59 Å². The number of methoxy groups -OCH3 is 2. The van der Waals surface area contributed by atoms with Gasteiger partial charge in [0, 0.05) is 48.4 Å². The summed E-state index contributed by atoms with van der Waals surface area (Å²) >= 11 is 6.02. The lowest BCUT2D eigenvalue weighted by molar-refractivity contribution is 0.0529. The van der Waals surface area contributed by atoms with Gasteiger partial charge in [0.1, 0.15) is 0 Å². The second-order valence-corrected chi connectivity index (χ2v) is 7.68. The normalized spacial score (nSPS) is 13.7. The summed E-state index contributed by atoms with van der Waals surface area (Å²) in [5.41, 5.74) is 1.47. The van der Waals surface area contributed by atoms with Crippen molar-refractivity contribution < 1.29 is 23.6 Å². The van der Waals surface area contributed by atoms with Crippen LogP contribution >= 0.6 is 11.6 Å². The van der Waals surface area contributed by atoms with Gasteiger partial charge in [-0.2, -0.15) is 0 Å². The third-order valence-corrected chi connectivity index (χ3v) is 5.56. The minimum atomic E-state index is -0.236. The average Bonchev–Trinajstić information content (AvgIpc) is 3.33. The number of carbonyl (C=O) groups excluding carboxylic acids is 2. The first kappa shape index (κ1) is 21.7. The maximum Gasteiger partial charge on any atom is 0.276 e. The molecule has 0 aliphatic carbocycles. The summed E-state index contributed by atoms with van der Waals surface area (Å²) in [5.74, 6) is 1.17. The highest BCUT2D eigenvalue weighted by molar-refractivity contribution is 6.30. The van der Waals surface area contributed by atoms with E-state index in [4.69, 9.17) is 25.6 Å². The Morgan fingerprint density at radius 1 is 0.906 bits per heavy atom. The van der Waals surface area contributed by atoms with Crippen molar-refractivity contribution in [3.63, 3.8) is 0 Å². The molecule has 9 heteroatoms. The van der Waals surface area contributed by atoms with E-state index in [9.17, 15) is 9.59 Å². The molecule has 1 fully saturated rings. The summed E-state index contributed by atoms with van der Waals surface area (Å²) in [7, 11) is 3.07. The van der Waals surface area contributed by atoms with E-state index in [1.807, 2.05) is 6.07 Å². The van der Waals surface area contributed by atoms with Crippen LogP contribution in [0.15, 0.2) is 53.1 Å².